The van der Waals surface area contributed by atoms with E-state index in [2.05, 4.69) is 72.5 Å². The van der Waals surface area contributed by atoms with Crippen LogP contribution in [0.2, 0.25) is 0 Å². The zero-order valence-corrected chi connectivity index (χ0v) is 14.4. The molecule has 1 N–H and O–H groups in total. The fourth-order valence-electron chi connectivity index (χ4n) is 2.90. The molecule has 0 aromatic heterocycles. The van der Waals surface area contributed by atoms with Crippen LogP contribution in [0.1, 0.15) is 56.1 Å². The number of benzene rings is 1. The molecule has 0 aliphatic heterocycles. The lowest BCUT2D eigenvalue weighted by Gasteiger charge is -2.36. The van der Waals surface area contributed by atoms with E-state index in [-0.39, 0.29) is 5.41 Å². The van der Waals surface area contributed by atoms with Gasteiger partial charge in [-0.25, -0.2) is 0 Å². The Morgan fingerprint density at radius 2 is 1.55 bits per heavy atom. The zero-order valence-electron chi connectivity index (χ0n) is 14.4. The van der Waals surface area contributed by atoms with E-state index >= 15 is 0 Å². The van der Waals surface area contributed by atoms with Crippen LogP contribution in [-0.4, -0.2) is 29.6 Å². The van der Waals surface area contributed by atoms with Crippen molar-refractivity contribution in [2.24, 2.45) is 5.41 Å². The van der Waals surface area contributed by atoms with Crippen molar-refractivity contribution in [3.05, 3.63) is 34.4 Å². The molecule has 114 valence electrons. The molecule has 0 aliphatic carbocycles. The van der Waals surface area contributed by atoms with Crippen LogP contribution in [0.15, 0.2) is 12.1 Å². The molecular weight excluding hydrogens is 246 g/mol. The Kier molecular flexibility index (Phi) is 5.39. The molecule has 1 aromatic carbocycles. The van der Waals surface area contributed by atoms with Gasteiger partial charge in [0.25, 0.3) is 0 Å². The summed E-state index contributed by atoms with van der Waals surface area (Å²) in [4.78, 5) is 2.25. The average Bonchev–Trinajstić information content (AvgIpc) is 2.24. The van der Waals surface area contributed by atoms with Gasteiger partial charge in [0.05, 0.1) is 6.10 Å². The minimum absolute atomic E-state index is 0.214. The average molecular weight is 277 g/mol. The minimum Gasteiger partial charge on any atom is -0.387 e. The standard InChI is InChI=1S/C18H31NO/c1-12-9-13(2)17(14(3)10-12)16(20)11-19(8)15(4)18(5,6)7/h9-10,15-16,20H,11H2,1-8H3. The quantitative estimate of drug-likeness (QED) is 0.899. The number of aryl methyl sites for hydroxylation is 3. The van der Waals surface area contributed by atoms with Gasteiger partial charge in [-0.05, 0) is 56.8 Å². The van der Waals surface area contributed by atoms with Crippen LogP contribution in [0.25, 0.3) is 0 Å². The van der Waals surface area contributed by atoms with Gasteiger partial charge in [-0.15, -0.1) is 0 Å². The molecule has 0 heterocycles. The molecule has 20 heavy (non-hydrogen) atoms. The van der Waals surface area contributed by atoms with Gasteiger partial charge >= 0.3 is 0 Å². The van der Waals surface area contributed by atoms with Crippen LogP contribution in [-0.2, 0) is 0 Å². The Hall–Kier alpha value is -0.860. The largest absolute Gasteiger partial charge is 0.387 e. The summed E-state index contributed by atoms with van der Waals surface area (Å²) in [6.45, 7) is 15.9. The lowest BCUT2D eigenvalue weighted by atomic mass is 9.86. The van der Waals surface area contributed by atoms with Gasteiger partial charge in [0, 0.05) is 12.6 Å². The summed E-state index contributed by atoms with van der Waals surface area (Å²) >= 11 is 0. The molecular formula is C18H31NO. The third kappa shape index (κ3) is 4.07. The van der Waals surface area contributed by atoms with Crippen molar-refractivity contribution in [1.82, 2.24) is 4.90 Å². The van der Waals surface area contributed by atoms with Crippen LogP contribution in [0, 0.1) is 26.2 Å². The third-order valence-corrected chi connectivity index (χ3v) is 4.45. The van der Waals surface area contributed by atoms with Crippen molar-refractivity contribution in [3.8, 4) is 0 Å². The number of nitrogens with zero attached hydrogens (tertiary/aromatic N) is 1. The first-order valence-corrected chi connectivity index (χ1v) is 7.50. The van der Waals surface area contributed by atoms with Gasteiger partial charge < -0.3 is 10.0 Å². The van der Waals surface area contributed by atoms with Gasteiger partial charge in [0.2, 0.25) is 0 Å². The van der Waals surface area contributed by atoms with Gasteiger partial charge in [-0.3, -0.25) is 0 Å². The van der Waals surface area contributed by atoms with Crippen molar-refractivity contribution in [1.29, 1.82) is 0 Å². The fourth-order valence-corrected chi connectivity index (χ4v) is 2.90. The van der Waals surface area contributed by atoms with Crippen molar-refractivity contribution < 1.29 is 5.11 Å². The first-order valence-electron chi connectivity index (χ1n) is 7.50. The van der Waals surface area contributed by atoms with Crippen LogP contribution < -0.4 is 0 Å². The number of rotatable bonds is 4. The van der Waals surface area contributed by atoms with Crippen LogP contribution >= 0.6 is 0 Å². The maximum absolute atomic E-state index is 10.6. The molecule has 0 spiro atoms. The predicted octanol–water partition coefficient (Wildman–Crippen LogP) is 4.01. The normalized spacial score (nSPS) is 15.5. The van der Waals surface area contributed by atoms with Gasteiger partial charge in [-0.1, -0.05) is 38.5 Å². The van der Waals surface area contributed by atoms with E-state index in [1.165, 1.54) is 16.7 Å². The summed E-state index contributed by atoms with van der Waals surface area (Å²) in [6, 6.07) is 4.72. The number of aliphatic hydroxyl groups excluding tert-OH is 1. The molecule has 0 fully saturated rings. The van der Waals surface area contributed by atoms with E-state index in [4.69, 9.17) is 0 Å². The minimum atomic E-state index is -0.426. The number of hydrogen-bond acceptors (Lipinski definition) is 2. The number of hydrogen-bond donors (Lipinski definition) is 1. The lowest BCUT2D eigenvalue weighted by molar-refractivity contribution is 0.0709. The van der Waals surface area contributed by atoms with E-state index in [0.717, 1.165) is 5.56 Å². The highest BCUT2D eigenvalue weighted by atomic mass is 16.3. The molecule has 2 nitrogen and oxygen atoms in total. The molecule has 2 unspecified atom stereocenters. The van der Waals surface area contributed by atoms with Crippen LogP contribution in [0.3, 0.4) is 0 Å². The predicted molar refractivity (Wildman–Crippen MR) is 87.2 cm³/mol. The first-order chi connectivity index (χ1) is 9.04. The SMILES string of the molecule is Cc1cc(C)c(C(O)CN(C)C(C)C(C)(C)C)c(C)c1. The number of likely N-dealkylation sites (N-methyl/N-ethyl adjacent to an activating group) is 1. The van der Waals surface area contributed by atoms with Gasteiger partial charge in [-0.2, -0.15) is 0 Å². The van der Waals surface area contributed by atoms with Gasteiger partial charge in [0.1, 0.15) is 0 Å². The second-order valence-corrected chi connectivity index (χ2v) is 7.31. The van der Waals surface area contributed by atoms with Crippen molar-refractivity contribution in [2.45, 2.75) is 60.6 Å². The molecule has 0 saturated carbocycles. The Bertz CT molecular complexity index is 436. The fraction of sp³-hybridized carbons (Fsp3) is 0.667. The van der Waals surface area contributed by atoms with E-state index in [9.17, 15) is 5.11 Å². The Labute approximate surface area is 124 Å². The molecule has 0 saturated heterocycles. The van der Waals surface area contributed by atoms with E-state index in [0.29, 0.717) is 12.6 Å². The third-order valence-electron chi connectivity index (χ3n) is 4.45. The highest BCUT2D eigenvalue weighted by Crippen LogP contribution is 2.27. The summed E-state index contributed by atoms with van der Waals surface area (Å²) in [5.74, 6) is 0. The second-order valence-electron chi connectivity index (χ2n) is 7.31. The molecule has 0 bridgehead atoms. The maximum Gasteiger partial charge on any atom is 0.0922 e. The highest BCUT2D eigenvalue weighted by Gasteiger charge is 2.26. The Morgan fingerprint density at radius 3 is 1.95 bits per heavy atom. The molecule has 2 heteroatoms. The molecule has 0 amide bonds. The van der Waals surface area contributed by atoms with E-state index in [1.807, 2.05) is 0 Å². The summed E-state index contributed by atoms with van der Waals surface area (Å²) in [5.41, 5.74) is 4.93. The molecule has 1 rings (SSSR count). The monoisotopic (exact) mass is 277 g/mol. The topological polar surface area (TPSA) is 23.5 Å². The molecule has 0 radical (unpaired) electrons. The van der Waals surface area contributed by atoms with Crippen LogP contribution in [0.4, 0.5) is 0 Å². The van der Waals surface area contributed by atoms with E-state index < -0.39 is 6.10 Å². The smallest absolute Gasteiger partial charge is 0.0922 e. The highest BCUT2D eigenvalue weighted by molar-refractivity contribution is 5.39. The van der Waals surface area contributed by atoms with Gasteiger partial charge in [0.15, 0.2) is 0 Å². The van der Waals surface area contributed by atoms with Crippen molar-refractivity contribution in [2.75, 3.05) is 13.6 Å². The Morgan fingerprint density at radius 1 is 1.10 bits per heavy atom. The van der Waals surface area contributed by atoms with E-state index in [1.54, 1.807) is 0 Å². The maximum atomic E-state index is 10.6. The zero-order chi connectivity index (χ0) is 15.7. The summed E-state index contributed by atoms with van der Waals surface area (Å²) in [5, 5.41) is 10.6. The first kappa shape index (κ1) is 17.2. The molecule has 1 aromatic rings. The molecule has 2 atom stereocenters. The number of aliphatic hydroxyl groups is 1. The van der Waals surface area contributed by atoms with Crippen molar-refractivity contribution in [3.63, 3.8) is 0 Å². The summed E-state index contributed by atoms with van der Waals surface area (Å²) in [7, 11) is 2.10. The van der Waals surface area contributed by atoms with Crippen LogP contribution in [0.5, 0.6) is 0 Å². The molecule has 0 aliphatic rings. The second kappa shape index (κ2) is 6.28. The van der Waals surface area contributed by atoms with Crippen molar-refractivity contribution >= 4 is 0 Å². The summed E-state index contributed by atoms with van der Waals surface area (Å²) in [6.07, 6.45) is -0.426. The Balaban J connectivity index is 2.90. The lowest BCUT2D eigenvalue weighted by Crippen LogP contribution is -2.41. The summed E-state index contributed by atoms with van der Waals surface area (Å²) < 4.78 is 0.